The number of nitrogens with two attached hydrogens (primary N) is 1. The van der Waals surface area contributed by atoms with Crippen LogP contribution < -0.4 is 5.73 Å². The molecule has 1 saturated heterocycles. The quantitative estimate of drug-likeness (QED) is 0.723. The van der Waals surface area contributed by atoms with Gasteiger partial charge < -0.3 is 10.5 Å². The Morgan fingerprint density at radius 3 is 2.67 bits per heavy atom. The van der Waals surface area contributed by atoms with Gasteiger partial charge in [0.1, 0.15) is 0 Å². The highest BCUT2D eigenvalue weighted by atomic mass is 16.5. The van der Waals surface area contributed by atoms with Crippen LogP contribution in [0.2, 0.25) is 0 Å². The Morgan fingerprint density at radius 1 is 1.33 bits per heavy atom. The average molecular weight is 211 g/mol. The van der Waals surface area contributed by atoms with Crippen molar-refractivity contribution in [1.82, 2.24) is 0 Å². The zero-order chi connectivity index (χ0) is 11.1. The van der Waals surface area contributed by atoms with Crippen LogP contribution in [0.5, 0.6) is 0 Å². The van der Waals surface area contributed by atoms with Gasteiger partial charge in [-0.1, -0.05) is 20.8 Å². The summed E-state index contributed by atoms with van der Waals surface area (Å²) in [4.78, 5) is 0. The zero-order valence-corrected chi connectivity index (χ0v) is 10.4. The molecule has 0 bridgehead atoms. The fraction of sp³-hybridized carbons (Fsp3) is 1.00. The minimum absolute atomic E-state index is 0.319. The van der Waals surface area contributed by atoms with E-state index in [4.69, 9.17) is 10.5 Å². The third-order valence-electron chi connectivity index (χ3n) is 4.30. The molecule has 2 fully saturated rings. The molecule has 88 valence electrons. The van der Waals surface area contributed by atoms with Crippen LogP contribution in [0.1, 0.15) is 46.5 Å². The molecule has 1 saturated carbocycles. The number of ether oxygens (including phenoxy) is 1. The molecule has 15 heavy (non-hydrogen) atoms. The molecule has 0 radical (unpaired) electrons. The maximum atomic E-state index is 5.85. The van der Waals surface area contributed by atoms with E-state index in [9.17, 15) is 0 Å². The van der Waals surface area contributed by atoms with Crippen molar-refractivity contribution < 1.29 is 4.74 Å². The van der Waals surface area contributed by atoms with Crippen LogP contribution in [-0.2, 0) is 4.74 Å². The van der Waals surface area contributed by atoms with Gasteiger partial charge in [-0.25, -0.2) is 0 Å². The van der Waals surface area contributed by atoms with Gasteiger partial charge in [-0.15, -0.1) is 0 Å². The van der Waals surface area contributed by atoms with Crippen molar-refractivity contribution in [2.75, 3.05) is 13.2 Å². The largest absolute Gasteiger partial charge is 0.376 e. The van der Waals surface area contributed by atoms with Gasteiger partial charge in [-0.3, -0.25) is 0 Å². The van der Waals surface area contributed by atoms with Crippen LogP contribution in [0.25, 0.3) is 0 Å². The molecule has 0 aromatic carbocycles. The average Bonchev–Trinajstić information content (AvgIpc) is 2.42. The summed E-state index contributed by atoms with van der Waals surface area (Å²) in [5.41, 5.74) is 6.72. The molecule has 3 atom stereocenters. The molecule has 2 rings (SSSR count). The van der Waals surface area contributed by atoms with Gasteiger partial charge in [0.25, 0.3) is 0 Å². The molecule has 1 aliphatic carbocycles. The highest BCUT2D eigenvalue weighted by molar-refractivity contribution is 5.00. The van der Waals surface area contributed by atoms with Crippen LogP contribution in [0.4, 0.5) is 0 Å². The lowest BCUT2D eigenvalue weighted by molar-refractivity contribution is -0.0179. The molecule has 2 nitrogen and oxygen atoms in total. The summed E-state index contributed by atoms with van der Waals surface area (Å²) in [6, 6.07) is 0. The first-order valence-corrected chi connectivity index (χ1v) is 6.29. The molecule has 0 aromatic heterocycles. The summed E-state index contributed by atoms with van der Waals surface area (Å²) in [6.45, 7) is 8.80. The molecule has 0 aromatic rings. The molecule has 1 heterocycles. The number of hydrogen-bond acceptors (Lipinski definition) is 2. The zero-order valence-electron chi connectivity index (χ0n) is 10.4. The molecule has 2 N–H and O–H groups in total. The van der Waals surface area contributed by atoms with Gasteiger partial charge in [0, 0.05) is 18.6 Å². The number of rotatable bonds is 1. The Labute approximate surface area is 93.6 Å². The van der Waals surface area contributed by atoms with E-state index in [1.807, 2.05) is 0 Å². The Morgan fingerprint density at radius 2 is 2.07 bits per heavy atom. The minimum atomic E-state index is 0.319. The van der Waals surface area contributed by atoms with Crippen LogP contribution in [-0.4, -0.2) is 19.3 Å². The third kappa shape index (κ3) is 2.07. The number of hydrogen-bond donors (Lipinski definition) is 1. The van der Waals surface area contributed by atoms with E-state index in [2.05, 4.69) is 20.8 Å². The SMILES string of the molecule is CC1CC(C)(C)CC2(CCOC2CN)C1. The van der Waals surface area contributed by atoms with Crippen molar-refractivity contribution in [2.24, 2.45) is 22.5 Å². The lowest BCUT2D eigenvalue weighted by Gasteiger charge is -2.47. The topological polar surface area (TPSA) is 35.2 Å². The maximum Gasteiger partial charge on any atom is 0.0754 e. The molecule has 3 unspecified atom stereocenters. The van der Waals surface area contributed by atoms with E-state index in [1.54, 1.807) is 0 Å². The molecular weight excluding hydrogens is 186 g/mol. The Kier molecular flexibility index (Phi) is 2.85. The second-order valence-electron chi connectivity index (χ2n) is 6.56. The second-order valence-corrected chi connectivity index (χ2v) is 6.56. The van der Waals surface area contributed by atoms with Crippen molar-refractivity contribution in [3.05, 3.63) is 0 Å². The molecule has 0 amide bonds. The summed E-state index contributed by atoms with van der Waals surface area (Å²) in [6.07, 6.45) is 5.51. The summed E-state index contributed by atoms with van der Waals surface area (Å²) >= 11 is 0. The normalized spacial score (nSPS) is 44.8. The standard InChI is InChI=1S/C13H25NO/c1-10-6-12(2,3)9-13(7-10)4-5-15-11(13)8-14/h10-11H,4-9,14H2,1-3H3. The summed E-state index contributed by atoms with van der Waals surface area (Å²) < 4.78 is 5.81. The Hall–Kier alpha value is -0.0800. The van der Waals surface area contributed by atoms with Crippen molar-refractivity contribution in [2.45, 2.75) is 52.6 Å². The first-order chi connectivity index (χ1) is 6.97. The van der Waals surface area contributed by atoms with E-state index in [-0.39, 0.29) is 0 Å². The maximum absolute atomic E-state index is 5.85. The predicted octanol–water partition coefficient (Wildman–Crippen LogP) is 2.57. The molecule has 2 aliphatic rings. The Balaban J connectivity index is 2.19. The van der Waals surface area contributed by atoms with Gasteiger partial charge in [-0.2, -0.15) is 0 Å². The smallest absolute Gasteiger partial charge is 0.0754 e. The molecule has 1 aliphatic heterocycles. The summed E-state index contributed by atoms with van der Waals surface area (Å²) in [7, 11) is 0. The third-order valence-corrected chi connectivity index (χ3v) is 4.30. The van der Waals surface area contributed by atoms with Crippen molar-refractivity contribution >= 4 is 0 Å². The van der Waals surface area contributed by atoms with E-state index >= 15 is 0 Å². The second kappa shape index (κ2) is 3.74. The van der Waals surface area contributed by atoms with E-state index in [0.717, 1.165) is 12.5 Å². The highest BCUT2D eigenvalue weighted by Gasteiger charge is 2.50. The van der Waals surface area contributed by atoms with Crippen LogP contribution in [0.15, 0.2) is 0 Å². The van der Waals surface area contributed by atoms with Crippen LogP contribution in [0, 0.1) is 16.7 Å². The minimum Gasteiger partial charge on any atom is -0.376 e. The lowest BCUT2D eigenvalue weighted by atomic mass is 9.58. The van der Waals surface area contributed by atoms with Crippen molar-refractivity contribution in [3.8, 4) is 0 Å². The van der Waals surface area contributed by atoms with Gasteiger partial charge >= 0.3 is 0 Å². The summed E-state index contributed by atoms with van der Waals surface area (Å²) in [5, 5.41) is 0. The molecule has 1 spiro atoms. The Bertz CT molecular complexity index is 239. The van der Waals surface area contributed by atoms with Gasteiger partial charge in [0.05, 0.1) is 6.10 Å². The van der Waals surface area contributed by atoms with Crippen molar-refractivity contribution in [3.63, 3.8) is 0 Å². The van der Waals surface area contributed by atoms with E-state index < -0.39 is 0 Å². The fourth-order valence-electron chi connectivity index (χ4n) is 4.30. The molecular formula is C13H25NO. The predicted molar refractivity (Wildman–Crippen MR) is 62.6 cm³/mol. The first kappa shape index (κ1) is 11.4. The van der Waals surface area contributed by atoms with Crippen LogP contribution in [0.3, 0.4) is 0 Å². The first-order valence-electron chi connectivity index (χ1n) is 6.29. The van der Waals surface area contributed by atoms with E-state index in [0.29, 0.717) is 23.5 Å². The van der Waals surface area contributed by atoms with Crippen LogP contribution >= 0.6 is 0 Å². The van der Waals surface area contributed by atoms with E-state index in [1.165, 1.54) is 25.7 Å². The van der Waals surface area contributed by atoms with Gasteiger partial charge in [-0.05, 0) is 37.0 Å². The molecule has 2 heteroatoms. The lowest BCUT2D eigenvalue weighted by Crippen LogP contribution is -2.45. The monoisotopic (exact) mass is 211 g/mol. The van der Waals surface area contributed by atoms with Gasteiger partial charge in [0.2, 0.25) is 0 Å². The van der Waals surface area contributed by atoms with Crippen molar-refractivity contribution in [1.29, 1.82) is 0 Å². The van der Waals surface area contributed by atoms with Gasteiger partial charge in [0.15, 0.2) is 0 Å². The highest BCUT2D eigenvalue weighted by Crippen LogP contribution is 2.54. The fourth-order valence-corrected chi connectivity index (χ4v) is 4.30. The summed E-state index contributed by atoms with van der Waals surface area (Å²) in [5.74, 6) is 0.824.